The van der Waals surface area contributed by atoms with Gasteiger partial charge >= 0.3 is 0 Å². The minimum Gasteiger partial charge on any atom is -0.484 e. The smallest absolute Gasteiger partial charge is 0.262 e. The third kappa shape index (κ3) is 4.99. The van der Waals surface area contributed by atoms with Gasteiger partial charge in [-0.2, -0.15) is 5.10 Å². The van der Waals surface area contributed by atoms with Crippen LogP contribution in [0.5, 0.6) is 5.75 Å². The lowest BCUT2D eigenvalue weighted by Crippen LogP contribution is -2.20. The van der Waals surface area contributed by atoms with Crippen molar-refractivity contribution in [2.45, 2.75) is 18.8 Å². The number of nitrogens with one attached hydrogen (secondary N) is 2. The van der Waals surface area contributed by atoms with Gasteiger partial charge in [0.1, 0.15) is 5.75 Å². The molecule has 7 heteroatoms. The zero-order valence-corrected chi connectivity index (χ0v) is 18.5. The molecule has 1 aliphatic carbocycles. The number of ether oxygens (including phenoxy) is 1. The van der Waals surface area contributed by atoms with Crippen LogP contribution in [0.2, 0.25) is 0 Å². The van der Waals surface area contributed by atoms with Gasteiger partial charge in [0.2, 0.25) is 0 Å². The van der Waals surface area contributed by atoms with Crippen molar-refractivity contribution in [2.75, 3.05) is 17.2 Å². The van der Waals surface area contributed by atoms with Crippen molar-refractivity contribution >= 4 is 23.2 Å². The van der Waals surface area contributed by atoms with Gasteiger partial charge in [-0.1, -0.05) is 42.5 Å². The van der Waals surface area contributed by atoms with Gasteiger partial charge in [-0.05, 0) is 49.2 Å². The van der Waals surface area contributed by atoms with Crippen molar-refractivity contribution in [1.29, 1.82) is 0 Å². The molecule has 0 bridgehead atoms. The van der Waals surface area contributed by atoms with Gasteiger partial charge in [-0.25, -0.2) is 4.68 Å². The van der Waals surface area contributed by atoms with Crippen LogP contribution in [-0.4, -0.2) is 28.2 Å². The molecule has 0 atom stereocenters. The molecular formula is C27H24N4O3. The van der Waals surface area contributed by atoms with Crippen LogP contribution >= 0.6 is 0 Å². The average Bonchev–Trinajstić information content (AvgIpc) is 3.61. The van der Waals surface area contributed by atoms with E-state index in [9.17, 15) is 9.59 Å². The second-order valence-corrected chi connectivity index (χ2v) is 8.15. The molecule has 3 aromatic carbocycles. The van der Waals surface area contributed by atoms with E-state index in [2.05, 4.69) is 15.7 Å². The van der Waals surface area contributed by atoms with Gasteiger partial charge in [0.05, 0.1) is 23.1 Å². The number of hydrogen-bond donors (Lipinski definition) is 2. The number of rotatable bonds is 8. The number of hydrogen-bond acceptors (Lipinski definition) is 4. The first kappa shape index (κ1) is 21.5. The Balaban J connectivity index is 1.26. The van der Waals surface area contributed by atoms with E-state index in [4.69, 9.17) is 4.74 Å². The number of nitrogens with zero attached hydrogens (tertiary/aromatic N) is 2. The van der Waals surface area contributed by atoms with Crippen molar-refractivity contribution in [3.8, 4) is 11.4 Å². The Morgan fingerprint density at radius 3 is 2.32 bits per heavy atom. The molecule has 4 aromatic rings. The Labute approximate surface area is 197 Å². The maximum atomic E-state index is 13.1. The summed E-state index contributed by atoms with van der Waals surface area (Å²) < 4.78 is 7.48. The summed E-state index contributed by atoms with van der Waals surface area (Å²) >= 11 is 0. The lowest BCUT2D eigenvalue weighted by molar-refractivity contribution is -0.118. The molecule has 1 aliphatic rings. The monoisotopic (exact) mass is 452 g/mol. The van der Waals surface area contributed by atoms with Gasteiger partial charge in [0.15, 0.2) is 6.61 Å². The highest BCUT2D eigenvalue weighted by atomic mass is 16.5. The van der Waals surface area contributed by atoms with Crippen molar-refractivity contribution < 1.29 is 14.3 Å². The molecule has 7 nitrogen and oxygen atoms in total. The Morgan fingerprint density at radius 2 is 1.59 bits per heavy atom. The first-order chi connectivity index (χ1) is 16.7. The van der Waals surface area contributed by atoms with E-state index in [1.54, 1.807) is 30.5 Å². The van der Waals surface area contributed by atoms with Gasteiger partial charge in [-0.15, -0.1) is 0 Å². The third-order valence-corrected chi connectivity index (χ3v) is 5.54. The Morgan fingerprint density at radius 1 is 0.882 bits per heavy atom. The van der Waals surface area contributed by atoms with Crippen LogP contribution in [0.1, 0.15) is 34.8 Å². The van der Waals surface area contributed by atoms with E-state index in [1.165, 1.54) is 0 Å². The number of benzene rings is 3. The predicted molar refractivity (Wildman–Crippen MR) is 131 cm³/mol. The fraction of sp³-hybridized carbons (Fsp3) is 0.148. The van der Waals surface area contributed by atoms with E-state index >= 15 is 0 Å². The second kappa shape index (κ2) is 9.62. The topological polar surface area (TPSA) is 85.2 Å². The zero-order valence-electron chi connectivity index (χ0n) is 18.5. The van der Waals surface area contributed by atoms with Crippen LogP contribution in [0.3, 0.4) is 0 Å². The lowest BCUT2D eigenvalue weighted by atomic mass is 10.1. The standard InChI is InChI=1S/C27H24N4O3/c32-25(29-20-8-3-1-4-9-20)18-34-23-13-7-10-21(16-23)30-27(33)24-17-28-31(26(24)19-14-15-19)22-11-5-2-6-12-22/h1-13,16-17,19H,14-15,18H2,(H,29,32)(H,30,33). The lowest BCUT2D eigenvalue weighted by Gasteiger charge is -2.11. The minimum absolute atomic E-state index is 0.137. The first-order valence-electron chi connectivity index (χ1n) is 11.2. The van der Waals surface area contributed by atoms with Crippen molar-refractivity contribution in [3.63, 3.8) is 0 Å². The number of aromatic nitrogens is 2. The number of carbonyl (C=O) groups is 2. The van der Waals surface area contributed by atoms with Crippen LogP contribution in [0.25, 0.3) is 5.69 Å². The Bertz CT molecular complexity index is 1300. The van der Waals surface area contributed by atoms with Crippen LogP contribution in [0.15, 0.2) is 91.1 Å². The molecule has 0 radical (unpaired) electrons. The molecule has 0 aliphatic heterocycles. The number of anilines is 2. The summed E-state index contributed by atoms with van der Waals surface area (Å²) in [6, 6.07) is 26.0. The Kier molecular flexibility index (Phi) is 6.07. The molecule has 5 rings (SSSR count). The van der Waals surface area contributed by atoms with Crippen LogP contribution in [0, 0.1) is 0 Å². The quantitative estimate of drug-likeness (QED) is 0.393. The van der Waals surface area contributed by atoms with Crippen LogP contribution in [0.4, 0.5) is 11.4 Å². The third-order valence-electron chi connectivity index (χ3n) is 5.54. The molecule has 0 unspecified atom stereocenters. The van der Waals surface area contributed by atoms with Crippen molar-refractivity contribution in [3.05, 3.63) is 102 Å². The molecule has 0 spiro atoms. The van der Waals surface area contributed by atoms with Gasteiger partial charge in [-0.3, -0.25) is 9.59 Å². The number of carbonyl (C=O) groups excluding carboxylic acids is 2. The van der Waals surface area contributed by atoms with E-state index < -0.39 is 0 Å². The molecular weight excluding hydrogens is 428 g/mol. The summed E-state index contributed by atoms with van der Waals surface area (Å²) in [6.45, 7) is -0.137. The van der Waals surface area contributed by atoms with E-state index in [0.717, 1.165) is 24.2 Å². The summed E-state index contributed by atoms with van der Waals surface area (Å²) in [4.78, 5) is 25.3. The molecule has 1 fully saturated rings. The van der Waals surface area contributed by atoms with Crippen LogP contribution in [-0.2, 0) is 4.79 Å². The molecule has 0 saturated heterocycles. The Hall–Kier alpha value is -4.39. The largest absolute Gasteiger partial charge is 0.484 e. The highest BCUT2D eigenvalue weighted by molar-refractivity contribution is 6.05. The number of para-hydroxylation sites is 2. The maximum absolute atomic E-state index is 13.1. The van der Waals surface area contributed by atoms with E-state index in [0.29, 0.717) is 28.6 Å². The van der Waals surface area contributed by atoms with E-state index in [-0.39, 0.29) is 18.4 Å². The highest BCUT2D eigenvalue weighted by Crippen LogP contribution is 2.42. The van der Waals surface area contributed by atoms with Gasteiger partial charge < -0.3 is 15.4 Å². The number of amides is 2. The molecule has 2 N–H and O–H groups in total. The normalized spacial score (nSPS) is 12.7. The molecule has 34 heavy (non-hydrogen) atoms. The predicted octanol–water partition coefficient (Wildman–Crippen LogP) is 5.02. The highest BCUT2D eigenvalue weighted by Gasteiger charge is 2.33. The summed E-state index contributed by atoms with van der Waals surface area (Å²) in [7, 11) is 0. The fourth-order valence-corrected chi connectivity index (χ4v) is 3.79. The molecule has 1 heterocycles. The summed E-state index contributed by atoms with van der Waals surface area (Å²) in [5.41, 5.74) is 3.74. The van der Waals surface area contributed by atoms with Gasteiger partial charge in [0.25, 0.3) is 11.8 Å². The van der Waals surface area contributed by atoms with E-state index in [1.807, 2.05) is 65.3 Å². The first-order valence-corrected chi connectivity index (χ1v) is 11.2. The molecule has 170 valence electrons. The van der Waals surface area contributed by atoms with Gasteiger partial charge in [0, 0.05) is 23.4 Å². The maximum Gasteiger partial charge on any atom is 0.262 e. The fourth-order valence-electron chi connectivity index (χ4n) is 3.79. The second-order valence-electron chi connectivity index (χ2n) is 8.15. The molecule has 1 aromatic heterocycles. The summed E-state index contributed by atoms with van der Waals surface area (Å²) in [5.74, 6) is 0.343. The minimum atomic E-state index is -0.261. The average molecular weight is 453 g/mol. The van der Waals surface area contributed by atoms with Crippen molar-refractivity contribution in [2.24, 2.45) is 0 Å². The van der Waals surface area contributed by atoms with Crippen molar-refractivity contribution in [1.82, 2.24) is 9.78 Å². The summed E-state index contributed by atoms with van der Waals surface area (Å²) in [6.07, 6.45) is 3.73. The molecule has 1 saturated carbocycles. The zero-order chi connectivity index (χ0) is 23.3. The summed E-state index contributed by atoms with van der Waals surface area (Å²) in [5, 5.41) is 10.2. The van der Waals surface area contributed by atoms with Crippen LogP contribution < -0.4 is 15.4 Å². The molecule has 2 amide bonds. The SMILES string of the molecule is O=C(COc1cccc(NC(=O)c2cnn(-c3ccccc3)c2C2CC2)c1)Nc1ccccc1.